The molecule has 0 atom stereocenters. The molecule has 238 valence electrons. The third-order valence-corrected chi connectivity index (χ3v) is 6.46. The summed E-state index contributed by atoms with van der Waals surface area (Å²) in [5.74, 6) is -0.910. The summed E-state index contributed by atoms with van der Waals surface area (Å²) in [6, 6.07) is 18.7. The van der Waals surface area contributed by atoms with E-state index in [1.54, 1.807) is 36.4 Å². The number of hydrogen-bond acceptors (Lipinski definition) is 9. The van der Waals surface area contributed by atoms with Crippen molar-refractivity contribution in [2.75, 3.05) is 19.8 Å². The van der Waals surface area contributed by atoms with Gasteiger partial charge in [-0.15, -0.1) is 0 Å². The Kier molecular flexibility index (Phi) is 13.4. The van der Waals surface area contributed by atoms with Crippen LogP contribution in [0.4, 0.5) is 0 Å². The summed E-state index contributed by atoms with van der Waals surface area (Å²) in [6.07, 6.45) is 5.33. The lowest BCUT2D eigenvalue weighted by Gasteiger charge is -2.17. The van der Waals surface area contributed by atoms with Crippen LogP contribution < -0.4 is 14.2 Å². The summed E-state index contributed by atoms with van der Waals surface area (Å²) in [6.45, 7) is 11.0. The molecule has 0 aromatic heterocycles. The molecule has 0 aliphatic rings. The maximum atomic E-state index is 12.6. The van der Waals surface area contributed by atoms with Crippen molar-refractivity contribution >= 4 is 23.9 Å². The van der Waals surface area contributed by atoms with Crippen LogP contribution in [-0.2, 0) is 14.3 Å². The first kappa shape index (κ1) is 34.6. The number of ether oxygens (including phenoxy) is 5. The van der Waals surface area contributed by atoms with Crippen molar-refractivity contribution in [2.24, 2.45) is 5.41 Å². The molecule has 45 heavy (non-hydrogen) atoms. The molecule has 9 nitrogen and oxygen atoms in total. The highest BCUT2D eigenvalue weighted by atomic mass is 16.5. The lowest BCUT2D eigenvalue weighted by Crippen LogP contribution is -2.11. The van der Waals surface area contributed by atoms with Crippen LogP contribution in [0.3, 0.4) is 0 Å². The lowest BCUT2D eigenvalue weighted by molar-refractivity contribution is -0.137. The minimum atomic E-state index is -0.601. The summed E-state index contributed by atoms with van der Waals surface area (Å²) in [5, 5.41) is 0. The van der Waals surface area contributed by atoms with E-state index in [1.165, 1.54) is 36.4 Å². The third-order valence-electron chi connectivity index (χ3n) is 6.46. The van der Waals surface area contributed by atoms with Crippen LogP contribution in [0.25, 0.3) is 0 Å². The van der Waals surface area contributed by atoms with Crippen LogP contribution in [0, 0.1) is 5.41 Å². The van der Waals surface area contributed by atoms with E-state index in [9.17, 15) is 19.2 Å². The van der Waals surface area contributed by atoms with E-state index in [1.807, 2.05) is 0 Å². The Balaban J connectivity index is 1.40. The van der Waals surface area contributed by atoms with Crippen molar-refractivity contribution < 1.29 is 42.9 Å². The molecule has 9 heteroatoms. The quantitative estimate of drug-likeness (QED) is 0.0703. The molecule has 0 bridgehead atoms. The number of carbonyl (C=O) groups is 4. The van der Waals surface area contributed by atoms with Gasteiger partial charge in [0.25, 0.3) is 0 Å². The summed E-state index contributed by atoms with van der Waals surface area (Å²) in [7, 11) is 0. The average molecular weight is 617 g/mol. The zero-order valence-electron chi connectivity index (χ0n) is 26.0. The van der Waals surface area contributed by atoms with Gasteiger partial charge in [0.2, 0.25) is 0 Å². The first-order valence-electron chi connectivity index (χ1n) is 14.9. The second-order valence-corrected chi connectivity index (χ2v) is 11.4. The fourth-order valence-corrected chi connectivity index (χ4v) is 3.97. The smallest absolute Gasteiger partial charge is 0.343 e. The largest absolute Gasteiger partial charge is 0.494 e. The van der Waals surface area contributed by atoms with Gasteiger partial charge in [0.05, 0.1) is 36.5 Å². The van der Waals surface area contributed by atoms with Crippen LogP contribution in [-0.4, -0.2) is 43.7 Å². The van der Waals surface area contributed by atoms with Crippen molar-refractivity contribution in [3.05, 3.63) is 102 Å². The Morgan fingerprint density at radius 1 is 0.578 bits per heavy atom. The third kappa shape index (κ3) is 12.7. The van der Waals surface area contributed by atoms with Gasteiger partial charge in [0.15, 0.2) is 0 Å². The van der Waals surface area contributed by atoms with Crippen LogP contribution >= 0.6 is 0 Å². The van der Waals surface area contributed by atoms with Crippen LogP contribution in [0.2, 0.25) is 0 Å². The molecule has 3 rings (SSSR count). The molecular weight excluding hydrogens is 576 g/mol. The van der Waals surface area contributed by atoms with E-state index in [0.717, 1.165) is 25.3 Å². The van der Waals surface area contributed by atoms with E-state index in [2.05, 4.69) is 27.4 Å². The van der Waals surface area contributed by atoms with E-state index in [4.69, 9.17) is 23.7 Å². The van der Waals surface area contributed by atoms with Crippen molar-refractivity contribution in [2.45, 2.75) is 52.9 Å². The first-order chi connectivity index (χ1) is 21.5. The molecule has 0 spiro atoms. The van der Waals surface area contributed by atoms with E-state index >= 15 is 0 Å². The molecule has 0 saturated heterocycles. The minimum absolute atomic E-state index is 0.256. The molecule has 3 aromatic rings. The molecule has 0 heterocycles. The maximum Gasteiger partial charge on any atom is 0.343 e. The van der Waals surface area contributed by atoms with Gasteiger partial charge in [-0.2, -0.15) is 0 Å². The number of benzene rings is 3. The Labute approximate surface area is 264 Å². The van der Waals surface area contributed by atoms with Gasteiger partial charge in [0.1, 0.15) is 17.2 Å². The van der Waals surface area contributed by atoms with Gasteiger partial charge in [-0.3, -0.25) is 0 Å². The zero-order valence-corrected chi connectivity index (χ0v) is 26.0. The van der Waals surface area contributed by atoms with Crippen LogP contribution in [0.5, 0.6) is 17.2 Å². The Morgan fingerprint density at radius 2 is 1.00 bits per heavy atom. The second kappa shape index (κ2) is 17.4. The highest BCUT2D eigenvalue weighted by Crippen LogP contribution is 2.22. The number of esters is 4. The van der Waals surface area contributed by atoms with Gasteiger partial charge in [-0.1, -0.05) is 27.4 Å². The topological polar surface area (TPSA) is 114 Å². The van der Waals surface area contributed by atoms with Crippen molar-refractivity contribution in [3.63, 3.8) is 0 Å². The van der Waals surface area contributed by atoms with Gasteiger partial charge in [0, 0.05) is 6.08 Å². The van der Waals surface area contributed by atoms with Crippen LogP contribution in [0.1, 0.15) is 83.9 Å². The number of unbranched alkanes of at least 4 members (excludes halogenated alkanes) is 2. The predicted molar refractivity (Wildman–Crippen MR) is 169 cm³/mol. The number of hydrogen-bond donors (Lipinski definition) is 0. The molecule has 0 aliphatic heterocycles. The summed E-state index contributed by atoms with van der Waals surface area (Å²) in [4.78, 5) is 48.4. The van der Waals surface area contributed by atoms with E-state index < -0.39 is 23.9 Å². The monoisotopic (exact) mass is 616 g/mol. The predicted octanol–water partition coefficient (Wildman–Crippen LogP) is 7.39. The zero-order chi connectivity index (χ0) is 32.7. The maximum absolute atomic E-state index is 12.6. The fourth-order valence-electron chi connectivity index (χ4n) is 3.97. The fraction of sp³-hybridized carbons (Fsp3) is 0.333. The van der Waals surface area contributed by atoms with Gasteiger partial charge in [-0.05, 0) is 110 Å². The van der Waals surface area contributed by atoms with Gasteiger partial charge >= 0.3 is 23.9 Å². The number of rotatable bonds is 16. The molecule has 0 saturated carbocycles. The molecular formula is C36H40O9. The molecule has 3 aromatic carbocycles. The summed E-state index contributed by atoms with van der Waals surface area (Å²) in [5.41, 5.74) is 1.22. The Hall–Kier alpha value is -4.92. The lowest BCUT2D eigenvalue weighted by atomic mass is 9.90. The minimum Gasteiger partial charge on any atom is -0.494 e. The average Bonchev–Trinajstić information content (AvgIpc) is 3.02. The number of carbonyl (C=O) groups excluding carboxylic acids is 4. The van der Waals surface area contributed by atoms with Gasteiger partial charge < -0.3 is 23.7 Å². The van der Waals surface area contributed by atoms with Crippen LogP contribution in [0.15, 0.2) is 85.5 Å². The van der Waals surface area contributed by atoms with Crippen molar-refractivity contribution in [1.82, 2.24) is 0 Å². The molecule has 0 aliphatic carbocycles. The van der Waals surface area contributed by atoms with E-state index in [-0.39, 0.29) is 22.5 Å². The van der Waals surface area contributed by atoms with Crippen molar-refractivity contribution in [3.8, 4) is 17.2 Å². The van der Waals surface area contributed by atoms with Gasteiger partial charge in [-0.25, -0.2) is 19.2 Å². The highest BCUT2D eigenvalue weighted by molar-refractivity contribution is 5.93. The molecule has 0 unspecified atom stereocenters. The second-order valence-electron chi connectivity index (χ2n) is 11.4. The molecule has 0 N–H and O–H groups in total. The van der Waals surface area contributed by atoms with Crippen molar-refractivity contribution in [1.29, 1.82) is 0 Å². The molecule has 0 amide bonds. The first-order valence-corrected chi connectivity index (χ1v) is 14.9. The highest BCUT2D eigenvalue weighted by Gasteiger charge is 2.14. The normalized spacial score (nSPS) is 10.8. The standard InChI is InChI=1S/C36H40O9/c1-5-32(37)42-24-9-8-23-41-29-16-10-27(11-17-29)34(39)45-31-20-14-28(15-21-31)35(40)44-30-18-12-26(13-19-30)33(38)43-25-7-6-22-36(2,3)4/h5,10-21H,1,6-9,22-25H2,2-4H3. The Bertz CT molecular complexity index is 1420. The SMILES string of the molecule is C=CC(=O)OCCCCOc1ccc(C(=O)Oc2ccc(C(=O)Oc3ccc(C(=O)OCCCCC(C)(C)C)cc3)cc2)cc1. The summed E-state index contributed by atoms with van der Waals surface area (Å²) >= 11 is 0. The molecule has 0 radical (unpaired) electrons. The molecule has 0 fully saturated rings. The Morgan fingerprint density at radius 3 is 1.49 bits per heavy atom. The van der Waals surface area contributed by atoms with E-state index in [0.29, 0.717) is 49.5 Å². The summed E-state index contributed by atoms with van der Waals surface area (Å²) < 4.78 is 26.7.